The molecule has 0 N–H and O–H groups in total. The van der Waals surface area contributed by atoms with Crippen molar-refractivity contribution in [3.63, 3.8) is 0 Å². The van der Waals surface area contributed by atoms with E-state index in [9.17, 15) is 9.18 Å². The summed E-state index contributed by atoms with van der Waals surface area (Å²) in [5.41, 5.74) is 1.24. The van der Waals surface area contributed by atoms with Crippen molar-refractivity contribution in [3.05, 3.63) is 62.3 Å². The molecule has 0 fully saturated rings. The van der Waals surface area contributed by atoms with Gasteiger partial charge < -0.3 is 4.74 Å². The second-order valence-corrected chi connectivity index (χ2v) is 5.95. The zero-order valence-electron chi connectivity index (χ0n) is 10.6. The summed E-state index contributed by atoms with van der Waals surface area (Å²) in [5.74, 6) is 0.0959. The molecule has 0 radical (unpaired) electrons. The number of rotatable bonds is 4. The third-order valence-electron chi connectivity index (χ3n) is 2.83. The van der Waals surface area contributed by atoms with E-state index in [4.69, 9.17) is 4.74 Å². The van der Waals surface area contributed by atoms with Crippen molar-refractivity contribution in [2.24, 2.45) is 0 Å². The minimum Gasteiger partial charge on any atom is -0.496 e. The predicted octanol–water partition coefficient (Wildman–Crippen LogP) is 4.78. The molecule has 0 aliphatic rings. The minimum atomic E-state index is -0.339. The Balaban J connectivity index is 2.28. The molecule has 20 heavy (non-hydrogen) atoms. The van der Waals surface area contributed by atoms with Crippen LogP contribution in [0, 0.1) is 5.82 Å². The molecule has 2 aromatic rings. The molecular weight excluding hydrogens is 391 g/mol. The molecule has 2 aromatic carbocycles. The first kappa shape index (κ1) is 15.2. The van der Waals surface area contributed by atoms with Crippen LogP contribution in [0.15, 0.2) is 45.3 Å². The Morgan fingerprint density at radius 2 is 1.95 bits per heavy atom. The molecule has 104 valence electrons. The van der Waals surface area contributed by atoms with E-state index in [1.54, 1.807) is 24.3 Å². The van der Waals surface area contributed by atoms with E-state index >= 15 is 0 Å². The van der Waals surface area contributed by atoms with Gasteiger partial charge in [-0.3, -0.25) is 4.79 Å². The van der Waals surface area contributed by atoms with Crippen LogP contribution in [0.3, 0.4) is 0 Å². The number of hydrogen-bond donors (Lipinski definition) is 0. The molecule has 0 aliphatic carbocycles. The number of ketones is 1. The Kier molecular flexibility index (Phi) is 4.94. The Labute approximate surface area is 133 Å². The van der Waals surface area contributed by atoms with E-state index in [1.165, 1.54) is 19.2 Å². The molecule has 0 aromatic heterocycles. The highest BCUT2D eigenvalue weighted by Gasteiger charge is 2.14. The van der Waals surface area contributed by atoms with Gasteiger partial charge in [0.15, 0.2) is 5.78 Å². The van der Waals surface area contributed by atoms with Crippen molar-refractivity contribution in [2.45, 2.75) is 6.42 Å². The maximum Gasteiger partial charge on any atom is 0.170 e. The van der Waals surface area contributed by atoms with Crippen LogP contribution in [-0.2, 0) is 6.42 Å². The van der Waals surface area contributed by atoms with Crippen molar-refractivity contribution in [1.82, 2.24) is 0 Å². The van der Waals surface area contributed by atoms with Crippen LogP contribution >= 0.6 is 31.9 Å². The van der Waals surface area contributed by atoms with Gasteiger partial charge in [-0.15, -0.1) is 0 Å². The number of carbonyl (C=O) groups excluding carboxylic acids is 1. The summed E-state index contributed by atoms with van der Waals surface area (Å²) < 4.78 is 19.7. The maximum atomic E-state index is 13.0. The fourth-order valence-electron chi connectivity index (χ4n) is 1.83. The molecule has 0 unspecified atom stereocenters. The van der Waals surface area contributed by atoms with Gasteiger partial charge in [0.25, 0.3) is 0 Å². The molecule has 0 spiro atoms. The van der Waals surface area contributed by atoms with Crippen molar-refractivity contribution in [1.29, 1.82) is 0 Å². The normalized spacial score (nSPS) is 10.4. The number of halogens is 3. The fraction of sp³-hybridized carbons (Fsp3) is 0.133. The lowest BCUT2D eigenvalue weighted by Gasteiger charge is -2.09. The van der Waals surface area contributed by atoms with Gasteiger partial charge in [-0.25, -0.2) is 4.39 Å². The van der Waals surface area contributed by atoms with E-state index in [0.29, 0.717) is 15.8 Å². The molecule has 2 rings (SSSR count). The van der Waals surface area contributed by atoms with Crippen LogP contribution in [-0.4, -0.2) is 12.9 Å². The van der Waals surface area contributed by atoms with E-state index in [-0.39, 0.29) is 18.0 Å². The summed E-state index contributed by atoms with van der Waals surface area (Å²) in [6.45, 7) is 0. The Morgan fingerprint density at radius 1 is 1.20 bits per heavy atom. The molecule has 0 atom stereocenters. The topological polar surface area (TPSA) is 26.3 Å². The zero-order valence-corrected chi connectivity index (χ0v) is 13.8. The Bertz CT molecular complexity index is 656. The highest BCUT2D eigenvalue weighted by molar-refractivity contribution is 9.10. The summed E-state index contributed by atoms with van der Waals surface area (Å²) >= 11 is 6.60. The molecule has 0 heterocycles. The predicted molar refractivity (Wildman–Crippen MR) is 82.8 cm³/mol. The first-order valence-electron chi connectivity index (χ1n) is 5.82. The van der Waals surface area contributed by atoms with Gasteiger partial charge in [0.2, 0.25) is 0 Å². The highest BCUT2D eigenvalue weighted by atomic mass is 79.9. The van der Waals surface area contributed by atoms with E-state index in [1.807, 2.05) is 0 Å². The Morgan fingerprint density at radius 3 is 2.60 bits per heavy atom. The van der Waals surface area contributed by atoms with Crippen molar-refractivity contribution in [3.8, 4) is 5.75 Å². The summed E-state index contributed by atoms with van der Waals surface area (Å²) in [6, 6.07) is 9.53. The van der Waals surface area contributed by atoms with Crippen LogP contribution in [0.5, 0.6) is 5.75 Å². The number of carbonyl (C=O) groups is 1. The van der Waals surface area contributed by atoms with Crippen molar-refractivity contribution < 1.29 is 13.9 Å². The maximum absolute atomic E-state index is 13.0. The van der Waals surface area contributed by atoms with Crippen LogP contribution in [0.2, 0.25) is 0 Å². The molecule has 5 heteroatoms. The van der Waals surface area contributed by atoms with Gasteiger partial charge in [0.05, 0.1) is 12.7 Å². The number of ether oxygens (including phenoxy) is 1. The number of hydrogen-bond acceptors (Lipinski definition) is 2. The number of Topliss-reactive ketones (excluding diaryl/α,β-unsaturated/α-hetero) is 1. The van der Waals surface area contributed by atoms with E-state index in [0.717, 1.165) is 10.0 Å². The van der Waals surface area contributed by atoms with Gasteiger partial charge in [-0.2, -0.15) is 0 Å². The van der Waals surface area contributed by atoms with Gasteiger partial charge in [-0.05, 0) is 35.9 Å². The van der Waals surface area contributed by atoms with Gasteiger partial charge in [0, 0.05) is 15.4 Å². The standard InChI is InChI=1S/C15H11Br2FO2/c1-20-15-7-10(16)3-5-12(15)14(19)6-9-2-4-11(18)8-13(9)17/h2-5,7-8H,6H2,1H3. The first-order chi connectivity index (χ1) is 9.51. The summed E-state index contributed by atoms with van der Waals surface area (Å²) in [6.07, 6.45) is 0.179. The number of methoxy groups -OCH3 is 1. The van der Waals surface area contributed by atoms with Crippen LogP contribution in [0.4, 0.5) is 4.39 Å². The van der Waals surface area contributed by atoms with Gasteiger partial charge in [0.1, 0.15) is 11.6 Å². The molecule has 0 aliphatic heterocycles. The lowest BCUT2D eigenvalue weighted by Crippen LogP contribution is -2.06. The minimum absolute atomic E-state index is 0.0818. The number of benzene rings is 2. The first-order valence-corrected chi connectivity index (χ1v) is 7.40. The largest absolute Gasteiger partial charge is 0.496 e. The zero-order chi connectivity index (χ0) is 14.7. The fourth-order valence-corrected chi connectivity index (χ4v) is 2.66. The molecule has 0 bridgehead atoms. The monoisotopic (exact) mass is 400 g/mol. The van der Waals surface area contributed by atoms with Crippen molar-refractivity contribution >= 4 is 37.6 Å². The quantitative estimate of drug-likeness (QED) is 0.688. The summed E-state index contributed by atoms with van der Waals surface area (Å²) in [5, 5.41) is 0. The lowest BCUT2D eigenvalue weighted by molar-refractivity contribution is 0.0990. The SMILES string of the molecule is COc1cc(Br)ccc1C(=O)Cc1ccc(F)cc1Br. The van der Waals surface area contributed by atoms with E-state index in [2.05, 4.69) is 31.9 Å². The van der Waals surface area contributed by atoms with Crippen LogP contribution in [0.1, 0.15) is 15.9 Å². The average Bonchev–Trinajstić information content (AvgIpc) is 2.41. The van der Waals surface area contributed by atoms with E-state index < -0.39 is 0 Å². The molecule has 0 amide bonds. The smallest absolute Gasteiger partial charge is 0.170 e. The third kappa shape index (κ3) is 3.46. The molecule has 2 nitrogen and oxygen atoms in total. The molecule has 0 saturated heterocycles. The molecular formula is C15H11Br2FO2. The van der Waals surface area contributed by atoms with Gasteiger partial charge >= 0.3 is 0 Å². The molecule has 0 saturated carbocycles. The van der Waals surface area contributed by atoms with Crippen LogP contribution in [0.25, 0.3) is 0 Å². The highest BCUT2D eigenvalue weighted by Crippen LogP contribution is 2.26. The van der Waals surface area contributed by atoms with Crippen molar-refractivity contribution in [2.75, 3.05) is 7.11 Å². The second-order valence-electron chi connectivity index (χ2n) is 4.18. The summed E-state index contributed by atoms with van der Waals surface area (Å²) in [7, 11) is 1.52. The average molecular weight is 402 g/mol. The second kappa shape index (κ2) is 6.50. The third-order valence-corrected chi connectivity index (χ3v) is 4.06. The lowest BCUT2D eigenvalue weighted by atomic mass is 10.0. The summed E-state index contributed by atoms with van der Waals surface area (Å²) in [4.78, 5) is 12.3. The van der Waals surface area contributed by atoms with Gasteiger partial charge in [-0.1, -0.05) is 37.9 Å². The van der Waals surface area contributed by atoms with Crippen LogP contribution < -0.4 is 4.74 Å². The Hall–Kier alpha value is -1.20.